The van der Waals surface area contributed by atoms with Gasteiger partial charge in [0.2, 0.25) is 0 Å². The number of hydrogen-bond acceptors (Lipinski definition) is 2. The second kappa shape index (κ2) is 28.8. The molecule has 0 amide bonds. The summed E-state index contributed by atoms with van der Waals surface area (Å²) in [5.41, 5.74) is -12.8. The van der Waals surface area contributed by atoms with Crippen molar-refractivity contribution in [1.29, 1.82) is 0 Å². The zero-order valence-corrected chi connectivity index (χ0v) is 59.2. The first kappa shape index (κ1) is 34.1. The molecule has 0 spiro atoms. The van der Waals surface area contributed by atoms with E-state index in [1.807, 2.05) is 61.7 Å². The molecule has 0 aliphatic heterocycles. The van der Waals surface area contributed by atoms with E-state index in [0.29, 0.717) is 22.2 Å². The van der Waals surface area contributed by atoms with Crippen LogP contribution in [-0.2, 0) is 26.5 Å². The Morgan fingerprint density at radius 2 is 0.869 bits per heavy atom. The van der Waals surface area contributed by atoms with Crippen LogP contribution in [0.15, 0.2) is 381 Å². The number of imidazole rings is 1. The molecule has 0 atom stereocenters. The Morgan fingerprint density at radius 1 is 0.393 bits per heavy atom. The summed E-state index contributed by atoms with van der Waals surface area (Å²) < 4.78 is 442. The van der Waals surface area contributed by atoms with Gasteiger partial charge in [0.05, 0.1) is 78.4 Å². The summed E-state index contributed by atoms with van der Waals surface area (Å²) in [5, 5.41) is -3.36. The topological polar surface area (TPSA) is 35.9 Å². The Labute approximate surface area is 703 Å². The number of benzene rings is 15. The average Bonchev–Trinajstić information content (AvgIpc) is 0.881. The van der Waals surface area contributed by atoms with Crippen molar-refractivity contribution in [2.24, 2.45) is 0 Å². The molecule has 15 aromatic carbocycles. The largest absolute Gasteiger partial charge is 0.510 e. The van der Waals surface area contributed by atoms with E-state index in [0.717, 1.165) is 56.5 Å². The maximum atomic E-state index is 11.0. The predicted molar refractivity (Wildman–Crippen MR) is 440 cm³/mol. The third kappa shape index (κ3) is 12.9. The molecule has 0 N–H and O–H groups in total. The summed E-state index contributed by atoms with van der Waals surface area (Å²) in [5.74, 6) is 0.313. The summed E-state index contributed by atoms with van der Waals surface area (Å²) >= 11 is 0. The van der Waals surface area contributed by atoms with Crippen molar-refractivity contribution in [3.63, 3.8) is 0 Å². The van der Waals surface area contributed by atoms with Gasteiger partial charge in [-0.2, -0.15) is 18.2 Å². The van der Waals surface area contributed by atoms with Crippen LogP contribution < -0.4 is 30.1 Å². The molecule has 18 aromatic rings. The van der Waals surface area contributed by atoms with Crippen LogP contribution in [0.1, 0.15) is 88.0 Å². The Bertz CT molecular complexity index is 8390. The second-order valence-electron chi connectivity index (χ2n) is 24.8. The van der Waals surface area contributed by atoms with Gasteiger partial charge >= 0.3 is 0 Å². The summed E-state index contributed by atoms with van der Waals surface area (Å²) in [7, 11) is -6.64. The van der Waals surface area contributed by atoms with Gasteiger partial charge in [-0.15, -0.1) is 29.7 Å². The molecule has 107 heavy (non-hydrogen) atoms. The number of pyridine rings is 1. The van der Waals surface area contributed by atoms with Crippen molar-refractivity contribution in [3.8, 4) is 107 Å². The van der Waals surface area contributed by atoms with Crippen LogP contribution in [0.25, 0.3) is 128 Å². The molecule has 5 nitrogen and oxygen atoms in total. The van der Waals surface area contributed by atoms with E-state index < -0.39 is 395 Å². The van der Waals surface area contributed by atoms with Gasteiger partial charge in [0, 0.05) is 44.3 Å². The van der Waals surface area contributed by atoms with Gasteiger partial charge in [0.25, 0.3) is 6.33 Å². The van der Waals surface area contributed by atoms with Crippen LogP contribution in [0.3, 0.4) is 0 Å². The Kier molecular flexibility index (Phi) is 9.19. The third-order valence-electron chi connectivity index (χ3n) is 17.5. The summed E-state index contributed by atoms with van der Waals surface area (Å²) in [4.78, 5) is 4.81. The van der Waals surface area contributed by atoms with Crippen molar-refractivity contribution >= 4 is 61.7 Å². The number of rotatable bonds is 16. The van der Waals surface area contributed by atoms with Gasteiger partial charge < -0.3 is 13.9 Å². The Hall–Kier alpha value is -12.6. The van der Waals surface area contributed by atoms with Gasteiger partial charge in [-0.25, -0.2) is 4.98 Å². The summed E-state index contributed by atoms with van der Waals surface area (Å²) in [6.45, 7) is 6.08. The molecule has 0 radical (unpaired) electrons. The quantitative estimate of drug-likeness (QED) is 0.0418. The molecule has 514 valence electrons. The zero-order chi connectivity index (χ0) is 110. The van der Waals surface area contributed by atoms with Gasteiger partial charge in [0.15, 0.2) is 8.07 Å². The van der Waals surface area contributed by atoms with E-state index in [1.165, 1.54) is 18.2 Å². The minimum atomic E-state index is -6.64. The fourth-order valence-electron chi connectivity index (χ4n) is 12.7. The molecule has 0 saturated carbocycles. The van der Waals surface area contributed by atoms with Crippen LogP contribution in [0.5, 0.6) is 11.5 Å². The molecular formula is C100H72N4OPtSi-2. The minimum absolute atomic E-state index is 0. The van der Waals surface area contributed by atoms with E-state index in [9.17, 15) is 41.1 Å². The van der Waals surface area contributed by atoms with Gasteiger partial charge in [-0.1, -0.05) is 310 Å². The van der Waals surface area contributed by atoms with Crippen molar-refractivity contribution in [2.45, 2.75) is 26.2 Å². The number of aromatic nitrogens is 4. The summed E-state index contributed by atoms with van der Waals surface area (Å²) in [6, 6.07) is -21.0. The van der Waals surface area contributed by atoms with Crippen LogP contribution >= 0.6 is 0 Å². The molecule has 18 rings (SSSR count). The summed E-state index contributed by atoms with van der Waals surface area (Å²) in [6.07, 6.45) is 4.89. The van der Waals surface area contributed by atoms with Crippen molar-refractivity contribution in [2.75, 3.05) is 0 Å². The van der Waals surface area contributed by atoms with E-state index >= 15 is 0 Å². The molecule has 0 bridgehead atoms. The molecule has 0 aliphatic carbocycles. The monoisotopic (exact) mass is 1610 g/mol. The van der Waals surface area contributed by atoms with Crippen molar-refractivity contribution in [3.05, 3.63) is 405 Å². The Morgan fingerprint density at radius 3 is 1.40 bits per heavy atom. The maximum Gasteiger partial charge on any atom is 0.268 e. The fraction of sp³-hybridized carbons (Fsp3) is 0.0400. The van der Waals surface area contributed by atoms with Gasteiger partial charge in [0.1, 0.15) is 5.82 Å². The molecule has 3 aromatic heterocycles. The zero-order valence-electron chi connectivity index (χ0n) is 101. The molecule has 0 fully saturated rings. The molecule has 0 aliphatic rings. The number of para-hydroxylation sites is 2. The number of hydrogen-bond donors (Lipinski definition) is 0. The Balaban J connectivity index is 0.0000157. The first-order valence-electron chi connectivity index (χ1n) is 55.1. The van der Waals surface area contributed by atoms with Crippen LogP contribution in [-0.4, -0.2) is 22.2 Å². The predicted octanol–water partition coefficient (Wildman–Crippen LogP) is 21.9. The normalized spacial score (nSPS) is 17.5. The van der Waals surface area contributed by atoms with Crippen LogP contribution in [0.2, 0.25) is 0 Å². The van der Waals surface area contributed by atoms with Crippen LogP contribution in [0, 0.1) is 18.5 Å². The number of nitrogens with zero attached hydrogens (tertiary/aromatic N) is 4. The minimum Gasteiger partial charge on any atom is -0.510 e. The van der Waals surface area contributed by atoms with E-state index in [1.54, 1.807) is 18.3 Å². The average molecular weight is 1610 g/mol. The molecule has 3 heterocycles. The van der Waals surface area contributed by atoms with Gasteiger partial charge in [-0.3, -0.25) is 4.57 Å². The van der Waals surface area contributed by atoms with E-state index in [-0.39, 0.29) is 43.7 Å². The standard InChI is InChI=1S/C100H72N4OSi.Pt/c1-100(2,3)82-56-57-101-98(66-82)104-94-51-26-25-48-92(94)93-54-53-85(68-96(93)104)105-84-40-28-39-83(67-84)102-69-103(95-55-52-75(65-97(95)102)74-38-27-47-89(64-74)106(86-41-19-8-20-42-86,87-43-21-9-22-44-87)88-45-23-10-24-46-88)99-90(80-60-76(70-30-11-4-12-31-70)58-77(61-80)71-32-13-5-14-33-71)49-29-50-91(99)81-62-78(72-34-15-6-16-35-72)59-79(63-81)73-36-17-7-18-37-73;/h4-66H,1-3H3;/q-2;/i4D,5D,6D,7D,8D,9D,10D,11D,12D,13D,14D,15D,16D,17D,18D,19D,20D,21D,22D,23D,24D,27D,30D,31D,32D,33D,34D,35D,36D,37D,38D,41D,42D,43D,44D,45D,46D,47D,58D,59D,60D,61D,62D,63D,64D;. The second-order valence-corrected chi connectivity index (χ2v) is 28.3. The molecular weight excluding hydrogens is 1500 g/mol. The third-order valence-corrected chi connectivity index (χ3v) is 21.5. The SMILES string of the molecule is [2H]c1c([2H])c([2H])c(-c2c([2H])c(-c3cccc(-c4c([2H])c(-c5c([2H])c([2H])c([2H])c([2H])c5[2H])c([2H])c(-c5c([2H])c([2H])c([2H])c([2H])c5[2H])c4[2H])c3-[n+]3[c-]n(-c4[c-]c(Oc5[c-]c6c(cc5)c5ccccc5n6-c5cc(C(C)(C)C)ccn5)ccc4)c4cc(-c5c([2H])c([2H])c([2H])c([Si](c6c([2H])c([2H])c([2H])c([2H])c6[2H])(c6c([2H])c([2H])c([2H])c([2H])c6[2H])c6c([2H])c([2H])c([2H])c([2H])c6[2H])c5[2H])ccc43)c([2H])c(-c3c([2H])c([2H])c([2H])c([2H])c3[2H])c2[2H])c([2H])c1[2H].[Pt]. The first-order chi connectivity index (χ1) is 70.9. The van der Waals surface area contributed by atoms with E-state index in [4.69, 9.17) is 30.3 Å². The molecule has 0 saturated heterocycles. The fourth-order valence-corrected chi connectivity index (χ4v) is 16.2. The maximum absolute atomic E-state index is 11.0. The van der Waals surface area contributed by atoms with E-state index in [2.05, 4.69) is 18.5 Å². The van der Waals surface area contributed by atoms with Crippen molar-refractivity contribution in [1.82, 2.24) is 14.1 Å². The number of fused-ring (bicyclic) bond motifs is 4. The molecule has 7 heteroatoms. The van der Waals surface area contributed by atoms with Crippen molar-refractivity contribution < 1.29 is 92.1 Å². The van der Waals surface area contributed by atoms with Gasteiger partial charge in [-0.05, 0) is 181 Å². The molecule has 0 unspecified atom stereocenters. The smallest absolute Gasteiger partial charge is 0.268 e. The van der Waals surface area contributed by atoms with Crippen LogP contribution in [0.4, 0.5) is 0 Å². The first-order valence-corrected chi connectivity index (χ1v) is 34.6. The number of ether oxygens (including phenoxy) is 1.